The number of nitrogens with zero attached hydrogens (tertiary/aromatic N) is 1. The summed E-state index contributed by atoms with van der Waals surface area (Å²) in [4.78, 5) is 62.0. The molecule has 0 aromatic rings. The lowest BCUT2D eigenvalue weighted by molar-refractivity contribution is -0.143. The van der Waals surface area contributed by atoms with Gasteiger partial charge in [-0.2, -0.15) is 0 Å². The molecule has 0 radical (unpaired) electrons. The standard InChI is InChI=1S/C20H35N5O6/c1-11(2)8-13(23-19(29)14-6-5-7-25(14)16(27)9-21)18(28)22-10-15(26)24-17(12(3)4)20(30)31/h11-14,17H,5-10,21H2,1-4H3,(H,22,28)(H,23,29)(H,24,26)(H,30,31)/t13-,14-,17-/m0/s1. The molecule has 0 saturated carbocycles. The van der Waals surface area contributed by atoms with Crippen LogP contribution in [0.1, 0.15) is 47.0 Å². The fourth-order valence-corrected chi connectivity index (χ4v) is 3.45. The van der Waals surface area contributed by atoms with Crippen LogP contribution < -0.4 is 21.7 Å². The number of rotatable bonds is 11. The van der Waals surface area contributed by atoms with Crippen LogP contribution >= 0.6 is 0 Å². The Balaban J connectivity index is 2.73. The minimum absolute atomic E-state index is 0.0764. The van der Waals surface area contributed by atoms with Crippen molar-refractivity contribution in [2.75, 3.05) is 19.6 Å². The molecule has 0 spiro atoms. The summed E-state index contributed by atoms with van der Waals surface area (Å²) in [6.45, 7) is 6.93. The average Bonchev–Trinajstić information content (AvgIpc) is 3.18. The minimum atomic E-state index is -1.16. The van der Waals surface area contributed by atoms with Gasteiger partial charge in [-0.05, 0) is 31.1 Å². The van der Waals surface area contributed by atoms with Gasteiger partial charge in [0.05, 0.1) is 13.1 Å². The maximum Gasteiger partial charge on any atom is 0.326 e. The highest BCUT2D eigenvalue weighted by Gasteiger charge is 2.35. The molecule has 3 atom stereocenters. The zero-order valence-corrected chi connectivity index (χ0v) is 18.6. The zero-order chi connectivity index (χ0) is 23.7. The fourth-order valence-electron chi connectivity index (χ4n) is 3.45. The molecule has 0 unspecified atom stereocenters. The molecule has 6 N–H and O–H groups in total. The van der Waals surface area contributed by atoms with Crippen molar-refractivity contribution in [2.24, 2.45) is 17.6 Å². The molecule has 176 valence electrons. The molecule has 0 aromatic heterocycles. The third-order valence-electron chi connectivity index (χ3n) is 5.06. The van der Waals surface area contributed by atoms with Crippen LogP contribution in [-0.2, 0) is 24.0 Å². The number of carboxylic acid groups (broad SMARTS) is 1. The number of likely N-dealkylation sites (tertiary alicyclic amines) is 1. The topological polar surface area (TPSA) is 171 Å². The summed E-state index contributed by atoms with van der Waals surface area (Å²) in [6, 6.07) is -2.63. The molecule has 1 saturated heterocycles. The summed E-state index contributed by atoms with van der Waals surface area (Å²) in [5.74, 6) is -3.36. The summed E-state index contributed by atoms with van der Waals surface area (Å²) in [5, 5.41) is 16.7. The van der Waals surface area contributed by atoms with E-state index in [4.69, 9.17) is 10.8 Å². The van der Waals surface area contributed by atoms with Gasteiger partial charge in [-0.15, -0.1) is 0 Å². The van der Waals surface area contributed by atoms with E-state index >= 15 is 0 Å². The van der Waals surface area contributed by atoms with Crippen molar-refractivity contribution in [3.63, 3.8) is 0 Å². The van der Waals surface area contributed by atoms with E-state index in [9.17, 15) is 24.0 Å². The molecule has 1 aliphatic heterocycles. The number of amides is 4. The number of carboxylic acids is 1. The number of carbonyl (C=O) groups excluding carboxylic acids is 4. The van der Waals surface area contributed by atoms with E-state index in [1.54, 1.807) is 13.8 Å². The van der Waals surface area contributed by atoms with E-state index in [0.29, 0.717) is 25.8 Å². The van der Waals surface area contributed by atoms with Gasteiger partial charge in [0.25, 0.3) is 0 Å². The predicted octanol–water partition coefficient (Wildman–Crippen LogP) is -1.19. The molecule has 4 amide bonds. The molecule has 11 heteroatoms. The van der Waals surface area contributed by atoms with Crippen molar-refractivity contribution in [3.05, 3.63) is 0 Å². The Morgan fingerprint density at radius 3 is 2.26 bits per heavy atom. The van der Waals surface area contributed by atoms with Gasteiger partial charge < -0.3 is 31.7 Å². The van der Waals surface area contributed by atoms with Crippen molar-refractivity contribution in [3.8, 4) is 0 Å². The van der Waals surface area contributed by atoms with E-state index in [0.717, 1.165) is 0 Å². The first-order chi connectivity index (χ1) is 14.5. The molecule has 0 bridgehead atoms. The molecular formula is C20H35N5O6. The molecule has 1 aliphatic rings. The third-order valence-corrected chi connectivity index (χ3v) is 5.06. The summed E-state index contributed by atoms with van der Waals surface area (Å²) < 4.78 is 0. The Bertz CT molecular complexity index is 681. The van der Waals surface area contributed by atoms with Crippen LogP contribution in [0.3, 0.4) is 0 Å². The summed E-state index contributed by atoms with van der Waals surface area (Å²) in [5.41, 5.74) is 5.41. The first kappa shape index (κ1) is 26.3. The van der Waals surface area contributed by atoms with Gasteiger partial charge in [0.2, 0.25) is 23.6 Å². The highest BCUT2D eigenvalue weighted by atomic mass is 16.4. The maximum atomic E-state index is 12.7. The van der Waals surface area contributed by atoms with Gasteiger partial charge in [-0.25, -0.2) is 4.79 Å². The maximum absolute atomic E-state index is 12.7. The van der Waals surface area contributed by atoms with E-state index in [2.05, 4.69) is 16.0 Å². The first-order valence-corrected chi connectivity index (χ1v) is 10.6. The number of carbonyl (C=O) groups is 5. The second-order valence-electron chi connectivity index (χ2n) is 8.49. The molecule has 1 heterocycles. The van der Waals surface area contributed by atoms with Gasteiger partial charge in [0.15, 0.2) is 0 Å². The summed E-state index contributed by atoms with van der Waals surface area (Å²) >= 11 is 0. The van der Waals surface area contributed by atoms with E-state index in [-0.39, 0.29) is 24.3 Å². The average molecular weight is 442 g/mol. The lowest BCUT2D eigenvalue weighted by Gasteiger charge is -2.26. The first-order valence-electron chi connectivity index (χ1n) is 10.6. The normalized spacial score (nSPS) is 17.9. The van der Waals surface area contributed by atoms with Crippen molar-refractivity contribution in [1.82, 2.24) is 20.9 Å². The number of nitrogens with one attached hydrogen (secondary N) is 3. The summed E-state index contributed by atoms with van der Waals surface area (Å²) in [6.07, 6.45) is 1.49. The van der Waals surface area contributed by atoms with Crippen molar-refractivity contribution in [2.45, 2.75) is 65.1 Å². The number of hydrogen-bond donors (Lipinski definition) is 5. The molecular weight excluding hydrogens is 406 g/mol. The Kier molecular flexibility index (Phi) is 10.4. The molecule has 1 fully saturated rings. The van der Waals surface area contributed by atoms with Crippen LogP contribution in [0.5, 0.6) is 0 Å². The van der Waals surface area contributed by atoms with Crippen molar-refractivity contribution in [1.29, 1.82) is 0 Å². The van der Waals surface area contributed by atoms with Crippen molar-refractivity contribution >= 4 is 29.6 Å². The smallest absolute Gasteiger partial charge is 0.326 e. The number of hydrogen-bond acceptors (Lipinski definition) is 6. The summed E-state index contributed by atoms with van der Waals surface area (Å²) in [7, 11) is 0. The van der Waals surface area contributed by atoms with Gasteiger partial charge in [-0.1, -0.05) is 27.7 Å². The van der Waals surface area contributed by atoms with E-state index < -0.39 is 48.4 Å². The van der Waals surface area contributed by atoms with E-state index in [1.807, 2.05) is 13.8 Å². The highest BCUT2D eigenvalue weighted by molar-refractivity contribution is 5.94. The Morgan fingerprint density at radius 1 is 1.10 bits per heavy atom. The van der Waals surface area contributed by atoms with Crippen molar-refractivity contribution < 1.29 is 29.1 Å². The second kappa shape index (κ2) is 12.2. The molecule has 0 aromatic carbocycles. The van der Waals surface area contributed by atoms with Crippen LogP contribution in [0.4, 0.5) is 0 Å². The Morgan fingerprint density at radius 2 is 1.74 bits per heavy atom. The SMILES string of the molecule is CC(C)C[C@H](NC(=O)[C@@H]1CCCN1C(=O)CN)C(=O)NCC(=O)N[C@H](C(=O)O)C(C)C. The van der Waals surface area contributed by atoms with Gasteiger partial charge in [-0.3, -0.25) is 19.2 Å². The van der Waals surface area contributed by atoms with Crippen LogP contribution in [0.15, 0.2) is 0 Å². The molecule has 1 rings (SSSR count). The predicted molar refractivity (Wildman–Crippen MR) is 113 cm³/mol. The van der Waals surface area contributed by atoms with Crippen LogP contribution in [0, 0.1) is 11.8 Å². The highest BCUT2D eigenvalue weighted by Crippen LogP contribution is 2.18. The zero-order valence-electron chi connectivity index (χ0n) is 18.6. The lowest BCUT2D eigenvalue weighted by atomic mass is 10.0. The number of nitrogens with two attached hydrogens (primary N) is 1. The molecule has 0 aliphatic carbocycles. The van der Waals surface area contributed by atoms with Crippen LogP contribution in [0.2, 0.25) is 0 Å². The number of aliphatic carboxylic acids is 1. The fraction of sp³-hybridized carbons (Fsp3) is 0.750. The quantitative estimate of drug-likeness (QED) is 0.268. The monoisotopic (exact) mass is 441 g/mol. The second-order valence-corrected chi connectivity index (χ2v) is 8.49. The molecule has 31 heavy (non-hydrogen) atoms. The Labute approximate surface area is 182 Å². The third kappa shape index (κ3) is 8.16. The van der Waals surface area contributed by atoms with Gasteiger partial charge >= 0.3 is 5.97 Å². The van der Waals surface area contributed by atoms with Crippen LogP contribution in [0.25, 0.3) is 0 Å². The Hall–Kier alpha value is -2.69. The van der Waals surface area contributed by atoms with Gasteiger partial charge in [0, 0.05) is 6.54 Å². The molecule has 11 nitrogen and oxygen atoms in total. The van der Waals surface area contributed by atoms with Crippen LogP contribution in [-0.4, -0.2) is 77.4 Å². The lowest BCUT2D eigenvalue weighted by Crippen LogP contribution is -2.55. The van der Waals surface area contributed by atoms with E-state index in [1.165, 1.54) is 4.90 Å². The largest absolute Gasteiger partial charge is 0.480 e. The van der Waals surface area contributed by atoms with Gasteiger partial charge in [0.1, 0.15) is 18.1 Å². The minimum Gasteiger partial charge on any atom is -0.480 e.